The second-order valence-electron chi connectivity index (χ2n) is 5.74. The van der Waals surface area contributed by atoms with Crippen LogP contribution in [0.1, 0.15) is 52.4 Å². The third-order valence-corrected chi connectivity index (χ3v) is 3.78. The Morgan fingerprint density at radius 1 is 1.17 bits per heavy atom. The average molecular weight is 257 g/mol. The molecule has 0 aromatic carbocycles. The minimum atomic E-state index is 0.463. The molecule has 0 aromatic heterocycles. The number of methoxy groups -OCH3 is 1. The van der Waals surface area contributed by atoms with E-state index in [1.54, 1.807) is 7.11 Å². The molecule has 0 aromatic rings. The molecule has 3 heteroatoms. The van der Waals surface area contributed by atoms with Crippen LogP contribution in [0.3, 0.4) is 0 Å². The lowest BCUT2D eigenvalue weighted by molar-refractivity contribution is 0.0265. The van der Waals surface area contributed by atoms with Gasteiger partial charge in [-0.1, -0.05) is 33.1 Å². The molecule has 0 spiro atoms. The fraction of sp³-hybridized carbons (Fsp3) is 1.00. The predicted molar refractivity (Wildman–Crippen MR) is 75.9 cm³/mol. The minimum Gasteiger partial charge on any atom is -0.383 e. The van der Waals surface area contributed by atoms with Crippen LogP contribution in [-0.4, -0.2) is 39.0 Å². The summed E-state index contributed by atoms with van der Waals surface area (Å²) in [5.74, 6) is 0.615. The molecule has 1 aliphatic carbocycles. The summed E-state index contributed by atoms with van der Waals surface area (Å²) in [5, 5.41) is 3.55. The Hall–Kier alpha value is -0.120. The third kappa shape index (κ3) is 6.72. The first-order valence-corrected chi connectivity index (χ1v) is 7.58. The van der Waals surface area contributed by atoms with E-state index in [2.05, 4.69) is 19.2 Å². The van der Waals surface area contributed by atoms with Crippen LogP contribution in [-0.2, 0) is 9.47 Å². The molecular weight excluding hydrogens is 226 g/mol. The lowest BCUT2D eigenvalue weighted by Crippen LogP contribution is -2.38. The lowest BCUT2D eigenvalue weighted by Gasteiger charge is -2.23. The maximum absolute atomic E-state index is 5.91. The maximum Gasteiger partial charge on any atom is 0.0618 e. The van der Waals surface area contributed by atoms with Gasteiger partial charge >= 0.3 is 0 Å². The van der Waals surface area contributed by atoms with Gasteiger partial charge in [-0.2, -0.15) is 0 Å². The summed E-state index contributed by atoms with van der Waals surface area (Å²) in [5.41, 5.74) is 0. The molecule has 3 nitrogen and oxygen atoms in total. The van der Waals surface area contributed by atoms with Crippen molar-refractivity contribution in [1.82, 2.24) is 5.32 Å². The highest BCUT2D eigenvalue weighted by Gasteiger charge is 2.14. The highest BCUT2D eigenvalue weighted by Crippen LogP contribution is 2.20. The van der Waals surface area contributed by atoms with E-state index in [4.69, 9.17) is 9.47 Å². The molecule has 0 radical (unpaired) electrons. The first-order valence-electron chi connectivity index (χ1n) is 7.58. The molecule has 1 rings (SSSR count). The fourth-order valence-electron chi connectivity index (χ4n) is 2.51. The minimum absolute atomic E-state index is 0.463. The summed E-state index contributed by atoms with van der Waals surface area (Å²) >= 11 is 0. The van der Waals surface area contributed by atoms with E-state index in [1.165, 1.54) is 32.1 Å². The Kier molecular flexibility index (Phi) is 8.64. The van der Waals surface area contributed by atoms with E-state index in [0.717, 1.165) is 26.2 Å². The first kappa shape index (κ1) is 15.9. The van der Waals surface area contributed by atoms with E-state index in [9.17, 15) is 0 Å². The molecule has 1 unspecified atom stereocenters. The quantitative estimate of drug-likeness (QED) is 0.644. The van der Waals surface area contributed by atoms with Crippen molar-refractivity contribution in [2.24, 2.45) is 5.92 Å². The first-order chi connectivity index (χ1) is 8.74. The number of nitrogens with one attached hydrogen (secondary N) is 1. The molecule has 1 fully saturated rings. The van der Waals surface area contributed by atoms with Crippen LogP contribution in [0, 0.1) is 5.92 Å². The Morgan fingerprint density at radius 2 is 1.89 bits per heavy atom. The molecule has 18 heavy (non-hydrogen) atoms. The van der Waals surface area contributed by atoms with Crippen LogP contribution in [0.25, 0.3) is 0 Å². The van der Waals surface area contributed by atoms with Gasteiger partial charge in [-0.3, -0.25) is 0 Å². The van der Waals surface area contributed by atoms with E-state index < -0.39 is 0 Å². The van der Waals surface area contributed by atoms with Gasteiger partial charge in [0.1, 0.15) is 0 Å². The van der Waals surface area contributed by atoms with Crippen LogP contribution in [0.5, 0.6) is 0 Å². The van der Waals surface area contributed by atoms with Gasteiger partial charge in [-0.15, -0.1) is 0 Å². The largest absolute Gasteiger partial charge is 0.383 e. The molecule has 0 amide bonds. The zero-order chi connectivity index (χ0) is 13.2. The summed E-state index contributed by atoms with van der Waals surface area (Å²) < 4.78 is 11.1. The van der Waals surface area contributed by atoms with Gasteiger partial charge in [-0.25, -0.2) is 0 Å². The molecule has 108 valence electrons. The third-order valence-electron chi connectivity index (χ3n) is 3.78. The van der Waals surface area contributed by atoms with Gasteiger partial charge < -0.3 is 14.8 Å². The van der Waals surface area contributed by atoms with Crippen molar-refractivity contribution in [1.29, 1.82) is 0 Å². The van der Waals surface area contributed by atoms with Crippen molar-refractivity contribution < 1.29 is 9.47 Å². The van der Waals surface area contributed by atoms with Crippen LogP contribution in [0.15, 0.2) is 0 Å². The van der Waals surface area contributed by atoms with E-state index in [0.29, 0.717) is 18.1 Å². The normalized spacial score (nSPS) is 19.3. The molecular formula is C15H31NO2. The van der Waals surface area contributed by atoms with Gasteiger partial charge in [0, 0.05) is 19.8 Å². The van der Waals surface area contributed by atoms with E-state index in [1.807, 2.05) is 0 Å². The molecule has 1 atom stereocenters. The fourth-order valence-corrected chi connectivity index (χ4v) is 2.51. The van der Waals surface area contributed by atoms with Gasteiger partial charge in [0.25, 0.3) is 0 Å². The van der Waals surface area contributed by atoms with Gasteiger partial charge in [-0.05, 0) is 31.7 Å². The summed E-state index contributed by atoms with van der Waals surface area (Å²) in [6, 6.07) is 0.463. The van der Waals surface area contributed by atoms with Crippen LogP contribution in [0.4, 0.5) is 0 Å². The van der Waals surface area contributed by atoms with Gasteiger partial charge in [0.05, 0.1) is 12.7 Å². The summed E-state index contributed by atoms with van der Waals surface area (Å²) in [6.07, 6.45) is 8.28. The van der Waals surface area contributed by atoms with Gasteiger partial charge in [0.2, 0.25) is 0 Å². The second-order valence-corrected chi connectivity index (χ2v) is 5.74. The number of rotatable bonds is 9. The number of hydrogen-bond donors (Lipinski definition) is 1. The summed E-state index contributed by atoms with van der Waals surface area (Å²) in [7, 11) is 1.77. The highest BCUT2D eigenvalue weighted by atomic mass is 16.5. The lowest BCUT2D eigenvalue weighted by atomic mass is 9.98. The Balaban J connectivity index is 1.99. The standard InChI is InChI=1S/C15H31NO2/c1-13(2)15(12-17-3)16-10-7-11-18-14-8-5-4-6-9-14/h13-16H,4-12H2,1-3H3. The molecule has 0 bridgehead atoms. The van der Waals surface area contributed by atoms with Crippen molar-refractivity contribution in [2.45, 2.75) is 64.5 Å². The van der Waals surface area contributed by atoms with Crippen LogP contribution >= 0.6 is 0 Å². The molecule has 0 saturated heterocycles. The number of ether oxygens (including phenoxy) is 2. The molecule has 0 aliphatic heterocycles. The topological polar surface area (TPSA) is 30.5 Å². The summed E-state index contributed by atoms with van der Waals surface area (Å²) in [6.45, 7) is 7.18. The molecule has 1 N–H and O–H groups in total. The van der Waals surface area contributed by atoms with E-state index in [-0.39, 0.29) is 0 Å². The van der Waals surface area contributed by atoms with Crippen molar-refractivity contribution >= 4 is 0 Å². The Labute approximate surface area is 113 Å². The molecule has 0 heterocycles. The molecule has 1 aliphatic rings. The monoisotopic (exact) mass is 257 g/mol. The van der Waals surface area contributed by atoms with Crippen molar-refractivity contribution in [3.63, 3.8) is 0 Å². The van der Waals surface area contributed by atoms with E-state index >= 15 is 0 Å². The number of hydrogen-bond acceptors (Lipinski definition) is 3. The van der Waals surface area contributed by atoms with Crippen molar-refractivity contribution in [3.05, 3.63) is 0 Å². The Bertz CT molecular complexity index is 191. The molecule has 1 saturated carbocycles. The van der Waals surface area contributed by atoms with Crippen molar-refractivity contribution in [2.75, 3.05) is 26.9 Å². The van der Waals surface area contributed by atoms with Crippen LogP contribution in [0.2, 0.25) is 0 Å². The van der Waals surface area contributed by atoms with Crippen molar-refractivity contribution in [3.8, 4) is 0 Å². The predicted octanol–water partition coefficient (Wildman–Crippen LogP) is 2.99. The summed E-state index contributed by atoms with van der Waals surface area (Å²) in [4.78, 5) is 0. The highest BCUT2D eigenvalue weighted by molar-refractivity contribution is 4.70. The maximum atomic E-state index is 5.91. The second kappa shape index (κ2) is 9.76. The smallest absolute Gasteiger partial charge is 0.0618 e. The zero-order valence-corrected chi connectivity index (χ0v) is 12.4. The van der Waals surface area contributed by atoms with Crippen LogP contribution < -0.4 is 5.32 Å². The zero-order valence-electron chi connectivity index (χ0n) is 12.4. The average Bonchev–Trinajstić information content (AvgIpc) is 2.38. The Morgan fingerprint density at radius 3 is 2.50 bits per heavy atom. The van der Waals surface area contributed by atoms with Gasteiger partial charge in [0.15, 0.2) is 0 Å². The SMILES string of the molecule is COCC(NCCCOC1CCCCC1)C(C)C.